The van der Waals surface area contributed by atoms with Crippen LogP contribution in [-0.4, -0.2) is 24.4 Å². The fourth-order valence-corrected chi connectivity index (χ4v) is 3.94. The van der Waals surface area contributed by atoms with Gasteiger partial charge in [0.25, 0.3) is 5.91 Å². The third-order valence-corrected chi connectivity index (χ3v) is 5.06. The first-order valence-electron chi connectivity index (χ1n) is 8.33. The second-order valence-corrected chi connectivity index (χ2v) is 6.54. The van der Waals surface area contributed by atoms with Crippen molar-refractivity contribution >= 4 is 11.8 Å². The minimum atomic E-state index is -0.351. The van der Waals surface area contributed by atoms with Gasteiger partial charge < -0.3 is 15.1 Å². The molecule has 0 unspecified atom stereocenters. The summed E-state index contributed by atoms with van der Waals surface area (Å²) in [7, 11) is 0. The van der Waals surface area contributed by atoms with Crippen LogP contribution in [0.1, 0.15) is 55.5 Å². The van der Waals surface area contributed by atoms with E-state index in [1.165, 1.54) is 38.4 Å². The zero-order chi connectivity index (χ0) is 15.4. The van der Waals surface area contributed by atoms with E-state index in [2.05, 4.69) is 10.6 Å². The molecule has 3 atom stereocenters. The van der Waals surface area contributed by atoms with E-state index in [0.29, 0.717) is 0 Å². The molecule has 2 aliphatic carbocycles. The Morgan fingerprint density at radius 1 is 1.14 bits per heavy atom. The molecule has 0 aliphatic heterocycles. The fourth-order valence-electron chi connectivity index (χ4n) is 3.94. The van der Waals surface area contributed by atoms with Gasteiger partial charge in [-0.25, -0.2) is 0 Å². The van der Waals surface area contributed by atoms with E-state index in [0.717, 1.165) is 24.7 Å². The molecular weight excluding hydrogens is 280 g/mol. The number of nitrogens with one attached hydrogen (secondary N) is 2. The lowest BCUT2D eigenvalue weighted by molar-refractivity contribution is -0.121. The molecule has 2 fully saturated rings. The number of rotatable bonds is 4. The van der Waals surface area contributed by atoms with E-state index >= 15 is 0 Å². The van der Waals surface area contributed by atoms with Crippen LogP contribution in [0.3, 0.4) is 0 Å². The molecule has 1 heterocycles. The summed E-state index contributed by atoms with van der Waals surface area (Å²) in [5.41, 5.74) is 0. The van der Waals surface area contributed by atoms with Gasteiger partial charge in [0.2, 0.25) is 5.91 Å². The Hall–Kier alpha value is -1.78. The highest BCUT2D eigenvalue weighted by molar-refractivity contribution is 5.94. The Balaban J connectivity index is 1.41. The van der Waals surface area contributed by atoms with Crippen LogP contribution >= 0.6 is 0 Å². The van der Waals surface area contributed by atoms with Crippen LogP contribution < -0.4 is 10.6 Å². The third kappa shape index (κ3) is 3.70. The molecule has 3 rings (SSSR count). The van der Waals surface area contributed by atoms with Crippen LogP contribution in [0.2, 0.25) is 0 Å². The highest BCUT2D eigenvalue weighted by atomic mass is 16.3. The van der Waals surface area contributed by atoms with Gasteiger partial charge in [-0.1, -0.05) is 25.7 Å². The molecule has 1 aromatic heterocycles. The van der Waals surface area contributed by atoms with Gasteiger partial charge in [0.1, 0.15) is 0 Å². The van der Waals surface area contributed by atoms with E-state index in [-0.39, 0.29) is 30.2 Å². The molecule has 0 bridgehead atoms. The summed E-state index contributed by atoms with van der Waals surface area (Å²) in [5, 5.41) is 5.65. The number of hydrogen-bond donors (Lipinski definition) is 2. The van der Waals surface area contributed by atoms with Crippen molar-refractivity contribution in [3.05, 3.63) is 24.2 Å². The van der Waals surface area contributed by atoms with Crippen molar-refractivity contribution in [1.82, 2.24) is 10.6 Å². The summed E-state index contributed by atoms with van der Waals surface area (Å²) in [5.74, 6) is 1.43. The zero-order valence-corrected chi connectivity index (χ0v) is 12.8. The van der Waals surface area contributed by atoms with E-state index in [9.17, 15) is 9.59 Å². The van der Waals surface area contributed by atoms with Gasteiger partial charge in [0.05, 0.1) is 12.8 Å². The fraction of sp³-hybridized carbons (Fsp3) is 0.647. The van der Waals surface area contributed by atoms with Crippen LogP contribution in [0.5, 0.6) is 0 Å². The third-order valence-electron chi connectivity index (χ3n) is 5.06. The van der Waals surface area contributed by atoms with Gasteiger partial charge in [-0.3, -0.25) is 9.59 Å². The van der Waals surface area contributed by atoms with Crippen LogP contribution in [0.15, 0.2) is 22.8 Å². The summed E-state index contributed by atoms with van der Waals surface area (Å²) in [4.78, 5) is 23.7. The van der Waals surface area contributed by atoms with Crippen molar-refractivity contribution in [2.75, 3.05) is 6.54 Å². The molecule has 2 N–H and O–H groups in total. The van der Waals surface area contributed by atoms with E-state index in [1.807, 2.05) is 0 Å². The maximum Gasteiger partial charge on any atom is 0.287 e. The lowest BCUT2D eigenvalue weighted by Crippen LogP contribution is -2.45. The lowest BCUT2D eigenvalue weighted by Gasteiger charge is -2.39. The molecule has 0 aromatic carbocycles. The number of carbonyl (C=O) groups excluding carboxylic acids is 2. The molecule has 0 radical (unpaired) electrons. The lowest BCUT2D eigenvalue weighted by atomic mass is 9.69. The zero-order valence-electron chi connectivity index (χ0n) is 12.8. The van der Waals surface area contributed by atoms with Crippen LogP contribution in [-0.2, 0) is 4.79 Å². The molecule has 0 saturated heterocycles. The maximum atomic E-state index is 12.0. The first-order chi connectivity index (χ1) is 10.7. The number of furan rings is 1. The van der Waals surface area contributed by atoms with Gasteiger partial charge in [-0.15, -0.1) is 0 Å². The van der Waals surface area contributed by atoms with Gasteiger partial charge in [0, 0.05) is 6.04 Å². The largest absolute Gasteiger partial charge is 0.459 e. The smallest absolute Gasteiger partial charge is 0.287 e. The van der Waals surface area contributed by atoms with Crippen molar-refractivity contribution in [3.8, 4) is 0 Å². The van der Waals surface area contributed by atoms with Crippen molar-refractivity contribution in [3.63, 3.8) is 0 Å². The second-order valence-electron chi connectivity index (χ2n) is 6.54. The predicted molar refractivity (Wildman–Crippen MR) is 82.3 cm³/mol. The second kappa shape index (κ2) is 6.99. The molecular formula is C17H24N2O3. The van der Waals surface area contributed by atoms with E-state index in [1.54, 1.807) is 12.1 Å². The summed E-state index contributed by atoms with van der Waals surface area (Å²) >= 11 is 0. The van der Waals surface area contributed by atoms with Gasteiger partial charge in [-0.05, 0) is 43.2 Å². The van der Waals surface area contributed by atoms with E-state index < -0.39 is 0 Å². The molecule has 2 aliphatic rings. The number of fused-ring (bicyclic) bond motifs is 1. The Bertz CT molecular complexity index is 512. The van der Waals surface area contributed by atoms with Crippen molar-refractivity contribution in [1.29, 1.82) is 0 Å². The maximum absolute atomic E-state index is 12.0. The molecule has 2 amide bonds. The Morgan fingerprint density at radius 3 is 2.73 bits per heavy atom. The SMILES string of the molecule is O=C(CNC(=O)c1ccco1)N[C@@H]1CC[C@H]2CCCC[C@H]2C1. The normalized spacial score (nSPS) is 27.7. The molecule has 5 heteroatoms. The summed E-state index contributed by atoms with van der Waals surface area (Å²) in [6.07, 6.45) is 10.2. The minimum absolute atomic E-state index is 0.00410. The van der Waals surface area contributed by atoms with Crippen LogP contribution in [0, 0.1) is 11.8 Å². The summed E-state index contributed by atoms with van der Waals surface area (Å²) < 4.78 is 4.99. The molecule has 1 aromatic rings. The number of hydrogen-bond acceptors (Lipinski definition) is 3. The average molecular weight is 304 g/mol. The quantitative estimate of drug-likeness (QED) is 0.897. The van der Waals surface area contributed by atoms with Crippen LogP contribution in [0.4, 0.5) is 0 Å². The van der Waals surface area contributed by atoms with Gasteiger partial charge >= 0.3 is 0 Å². The topological polar surface area (TPSA) is 71.3 Å². The Morgan fingerprint density at radius 2 is 1.95 bits per heavy atom. The molecule has 0 spiro atoms. The summed E-state index contributed by atoms with van der Waals surface area (Å²) in [6, 6.07) is 3.50. The summed E-state index contributed by atoms with van der Waals surface area (Å²) in [6.45, 7) is 0.00410. The van der Waals surface area contributed by atoms with Crippen LogP contribution in [0.25, 0.3) is 0 Å². The first-order valence-corrected chi connectivity index (χ1v) is 8.33. The minimum Gasteiger partial charge on any atom is -0.459 e. The standard InChI is InChI=1S/C17H24N2O3/c20-16(11-18-17(21)15-6-3-9-22-15)19-14-8-7-12-4-1-2-5-13(12)10-14/h3,6,9,12-14H,1-2,4-5,7-8,10-11H2,(H,18,21)(H,19,20)/t12-,13+,14-/m1/s1. The monoisotopic (exact) mass is 304 g/mol. The molecule has 2 saturated carbocycles. The molecule has 120 valence electrons. The van der Waals surface area contributed by atoms with Crippen molar-refractivity contribution < 1.29 is 14.0 Å². The number of amides is 2. The van der Waals surface area contributed by atoms with E-state index in [4.69, 9.17) is 4.42 Å². The number of carbonyl (C=O) groups is 2. The van der Waals surface area contributed by atoms with Crippen molar-refractivity contribution in [2.45, 2.75) is 51.0 Å². The predicted octanol–water partition coefficient (Wildman–Crippen LogP) is 2.48. The first kappa shape index (κ1) is 15.1. The van der Waals surface area contributed by atoms with Crippen molar-refractivity contribution in [2.24, 2.45) is 11.8 Å². The highest BCUT2D eigenvalue weighted by Gasteiger charge is 2.32. The Kier molecular flexibility index (Phi) is 4.80. The Labute approximate surface area is 130 Å². The average Bonchev–Trinajstić information content (AvgIpc) is 3.07. The highest BCUT2D eigenvalue weighted by Crippen LogP contribution is 2.40. The van der Waals surface area contributed by atoms with Gasteiger partial charge in [-0.2, -0.15) is 0 Å². The van der Waals surface area contributed by atoms with Gasteiger partial charge in [0.15, 0.2) is 5.76 Å². The molecule has 22 heavy (non-hydrogen) atoms. The molecule has 5 nitrogen and oxygen atoms in total.